The maximum atomic E-state index is 11.4. The molecule has 1 saturated heterocycles. The standard InChI is InChI=1S/C18H35NO2/c1-4-5-16-12-18(20,10-11-21-16)17(13-19)8-6-15(7-9-17)14(2)3/h14-16,20H,4-13,19H2,1-3H3. The zero-order valence-corrected chi connectivity index (χ0v) is 14.2. The Morgan fingerprint density at radius 1 is 1.24 bits per heavy atom. The Balaban J connectivity index is 2.08. The van der Waals surface area contributed by atoms with Crippen LogP contribution in [0.15, 0.2) is 0 Å². The molecule has 3 N–H and O–H groups in total. The summed E-state index contributed by atoms with van der Waals surface area (Å²) in [5.74, 6) is 1.55. The lowest BCUT2D eigenvalue weighted by atomic mass is 9.57. The van der Waals surface area contributed by atoms with Crippen molar-refractivity contribution in [2.24, 2.45) is 23.0 Å². The summed E-state index contributed by atoms with van der Waals surface area (Å²) in [6.07, 6.45) is 8.54. The van der Waals surface area contributed by atoms with Gasteiger partial charge < -0.3 is 15.6 Å². The van der Waals surface area contributed by atoms with E-state index >= 15 is 0 Å². The minimum Gasteiger partial charge on any atom is -0.389 e. The van der Waals surface area contributed by atoms with Crippen molar-refractivity contribution in [1.82, 2.24) is 0 Å². The largest absolute Gasteiger partial charge is 0.389 e. The lowest BCUT2D eigenvalue weighted by Gasteiger charge is -2.53. The molecule has 124 valence electrons. The van der Waals surface area contributed by atoms with Crippen LogP contribution in [-0.4, -0.2) is 30.0 Å². The quantitative estimate of drug-likeness (QED) is 0.816. The fourth-order valence-electron chi connectivity index (χ4n) is 4.64. The Morgan fingerprint density at radius 3 is 2.43 bits per heavy atom. The van der Waals surface area contributed by atoms with E-state index in [2.05, 4.69) is 20.8 Å². The fraction of sp³-hybridized carbons (Fsp3) is 1.00. The van der Waals surface area contributed by atoms with Gasteiger partial charge in [0.25, 0.3) is 0 Å². The summed E-state index contributed by atoms with van der Waals surface area (Å²) in [5.41, 5.74) is 5.51. The second kappa shape index (κ2) is 6.97. The lowest BCUT2D eigenvalue weighted by Crippen LogP contribution is -2.58. The third kappa shape index (κ3) is 3.46. The molecule has 21 heavy (non-hydrogen) atoms. The van der Waals surface area contributed by atoms with Crippen molar-refractivity contribution in [2.75, 3.05) is 13.2 Å². The second-order valence-electron chi connectivity index (χ2n) is 7.83. The Kier molecular flexibility index (Phi) is 5.72. The molecule has 0 aromatic carbocycles. The number of aliphatic hydroxyl groups is 1. The van der Waals surface area contributed by atoms with E-state index in [1.165, 1.54) is 12.8 Å². The molecule has 1 aliphatic heterocycles. The Bertz CT molecular complexity index is 321. The van der Waals surface area contributed by atoms with Crippen LogP contribution in [0, 0.1) is 17.3 Å². The number of ether oxygens (including phenoxy) is 1. The van der Waals surface area contributed by atoms with Crippen LogP contribution in [0.3, 0.4) is 0 Å². The smallest absolute Gasteiger partial charge is 0.0762 e. The maximum Gasteiger partial charge on any atom is 0.0762 e. The van der Waals surface area contributed by atoms with Gasteiger partial charge in [-0.15, -0.1) is 0 Å². The second-order valence-corrected chi connectivity index (χ2v) is 7.83. The summed E-state index contributed by atoms with van der Waals surface area (Å²) in [6.45, 7) is 8.13. The van der Waals surface area contributed by atoms with Gasteiger partial charge in [-0.05, 0) is 43.9 Å². The monoisotopic (exact) mass is 297 g/mol. The van der Waals surface area contributed by atoms with Crippen LogP contribution < -0.4 is 5.73 Å². The first-order chi connectivity index (χ1) is 9.96. The molecule has 3 nitrogen and oxygen atoms in total. The number of rotatable bonds is 5. The van der Waals surface area contributed by atoms with Crippen LogP contribution in [0.25, 0.3) is 0 Å². The van der Waals surface area contributed by atoms with Crippen molar-refractivity contribution >= 4 is 0 Å². The molecule has 1 saturated carbocycles. The van der Waals surface area contributed by atoms with Gasteiger partial charge in [0.15, 0.2) is 0 Å². The Labute approximate surface area is 130 Å². The van der Waals surface area contributed by atoms with Gasteiger partial charge in [0, 0.05) is 31.4 Å². The summed E-state index contributed by atoms with van der Waals surface area (Å²) >= 11 is 0. The number of nitrogens with two attached hydrogens (primary N) is 1. The molecule has 0 bridgehead atoms. The molecule has 2 aliphatic rings. The molecule has 2 unspecified atom stereocenters. The summed E-state index contributed by atoms with van der Waals surface area (Å²) in [7, 11) is 0. The molecule has 2 rings (SSSR count). The van der Waals surface area contributed by atoms with E-state index in [0.29, 0.717) is 13.2 Å². The van der Waals surface area contributed by atoms with Crippen molar-refractivity contribution in [3.8, 4) is 0 Å². The Hall–Kier alpha value is -0.120. The van der Waals surface area contributed by atoms with Gasteiger partial charge in [0.1, 0.15) is 0 Å². The van der Waals surface area contributed by atoms with Crippen LogP contribution in [0.2, 0.25) is 0 Å². The number of hydrogen-bond acceptors (Lipinski definition) is 3. The van der Waals surface area contributed by atoms with Crippen LogP contribution in [0.1, 0.15) is 72.1 Å². The highest BCUT2D eigenvalue weighted by Gasteiger charge is 2.52. The lowest BCUT2D eigenvalue weighted by molar-refractivity contribution is -0.180. The SMILES string of the molecule is CCCC1CC(O)(C2(CN)CCC(C(C)C)CC2)CCO1. The van der Waals surface area contributed by atoms with Gasteiger partial charge in [-0.2, -0.15) is 0 Å². The molecule has 0 radical (unpaired) electrons. The van der Waals surface area contributed by atoms with Gasteiger partial charge in [0.2, 0.25) is 0 Å². The number of hydrogen-bond donors (Lipinski definition) is 2. The molecule has 0 amide bonds. The molecular formula is C18H35NO2. The van der Waals surface area contributed by atoms with Gasteiger partial charge in [-0.1, -0.05) is 27.2 Å². The van der Waals surface area contributed by atoms with Crippen molar-refractivity contribution in [3.63, 3.8) is 0 Å². The average Bonchev–Trinajstić information content (AvgIpc) is 2.47. The summed E-state index contributed by atoms with van der Waals surface area (Å²) in [6, 6.07) is 0. The van der Waals surface area contributed by atoms with E-state index in [-0.39, 0.29) is 11.5 Å². The van der Waals surface area contributed by atoms with E-state index in [1.807, 2.05) is 0 Å². The van der Waals surface area contributed by atoms with Gasteiger partial charge in [-0.25, -0.2) is 0 Å². The van der Waals surface area contributed by atoms with Gasteiger partial charge in [-0.3, -0.25) is 0 Å². The van der Waals surface area contributed by atoms with Crippen LogP contribution >= 0.6 is 0 Å². The van der Waals surface area contributed by atoms with Crippen molar-refractivity contribution in [1.29, 1.82) is 0 Å². The molecule has 2 atom stereocenters. The minimum atomic E-state index is -0.609. The normalized spacial score (nSPS) is 41.4. The Morgan fingerprint density at radius 2 is 1.90 bits per heavy atom. The van der Waals surface area contributed by atoms with Crippen molar-refractivity contribution < 1.29 is 9.84 Å². The highest BCUT2D eigenvalue weighted by molar-refractivity contribution is 5.04. The van der Waals surface area contributed by atoms with E-state index in [9.17, 15) is 5.11 Å². The van der Waals surface area contributed by atoms with Crippen LogP contribution in [0.4, 0.5) is 0 Å². The van der Waals surface area contributed by atoms with Crippen LogP contribution in [0.5, 0.6) is 0 Å². The van der Waals surface area contributed by atoms with E-state index < -0.39 is 5.60 Å². The predicted molar refractivity (Wildman–Crippen MR) is 87.1 cm³/mol. The molecular weight excluding hydrogens is 262 g/mol. The third-order valence-corrected chi connectivity index (χ3v) is 6.35. The average molecular weight is 297 g/mol. The molecule has 0 aromatic heterocycles. The van der Waals surface area contributed by atoms with Crippen LogP contribution in [-0.2, 0) is 4.74 Å². The first kappa shape index (κ1) is 17.2. The first-order valence-electron chi connectivity index (χ1n) is 9.00. The summed E-state index contributed by atoms with van der Waals surface area (Å²) in [4.78, 5) is 0. The van der Waals surface area contributed by atoms with Gasteiger partial charge in [0.05, 0.1) is 11.7 Å². The van der Waals surface area contributed by atoms with E-state index in [1.54, 1.807) is 0 Å². The van der Waals surface area contributed by atoms with Crippen molar-refractivity contribution in [2.45, 2.75) is 83.8 Å². The van der Waals surface area contributed by atoms with E-state index in [4.69, 9.17) is 10.5 Å². The molecule has 1 aliphatic carbocycles. The third-order valence-electron chi connectivity index (χ3n) is 6.35. The maximum absolute atomic E-state index is 11.4. The fourth-order valence-corrected chi connectivity index (χ4v) is 4.64. The molecule has 0 spiro atoms. The highest BCUT2D eigenvalue weighted by Crippen LogP contribution is 2.51. The topological polar surface area (TPSA) is 55.5 Å². The first-order valence-corrected chi connectivity index (χ1v) is 9.00. The highest BCUT2D eigenvalue weighted by atomic mass is 16.5. The molecule has 0 aromatic rings. The molecule has 3 heteroatoms. The molecule has 2 fully saturated rings. The predicted octanol–water partition coefficient (Wildman–Crippen LogP) is 3.49. The molecule has 1 heterocycles. The summed E-state index contributed by atoms with van der Waals surface area (Å²) < 4.78 is 5.85. The minimum absolute atomic E-state index is 0.0752. The summed E-state index contributed by atoms with van der Waals surface area (Å²) in [5, 5.41) is 11.4. The zero-order valence-electron chi connectivity index (χ0n) is 14.2. The van der Waals surface area contributed by atoms with Crippen molar-refractivity contribution in [3.05, 3.63) is 0 Å². The van der Waals surface area contributed by atoms with E-state index in [0.717, 1.165) is 50.4 Å². The van der Waals surface area contributed by atoms with Gasteiger partial charge >= 0.3 is 0 Å². The zero-order chi connectivity index (χ0) is 15.5.